The molecule has 7 heteroatoms. The van der Waals surface area contributed by atoms with Crippen molar-refractivity contribution in [1.29, 1.82) is 0 Å². The van der Waals surface area contributed by atoms with Crippen LogP contribution in [0.3, 0.4) is 0 Å². The molecule has 1 saturated carbocycles. The van der Waals surface area contributed by atoms with Crippen molar-refractivity contribution in [3.8, 4) is 5.75 Å². The van der Waals surface area contributed by atoms with Gasteiger partial charge in [0.05, 0.1) is 17.2 Å². The number of ether oxygens (including phenoxy) is 2. The van der Waals surface area contributed by atoms with Gasteiger partial charge in [-0.25, -0.2) is 0 Å². The average Bonchev–Trinajstić information content (AvgIpc) is 3.44. The summed E-state index contributed by atoms with van der Waals surface area (Å²) in [5.41, 5.74) is -0.374. The molecule has 0 radical (unpaired) electrons. The summed E-state index contributed by atoms with van der Waals surface area (Å²) in [6, 6.07) is 12.3. The lowest BCUT2D eigenvalue weighted by Crippen LogP contribution is -2.34. The third-order valence-corrected chi connectivity index (χ3v) is 5.42. The normalized spacial score (nSPS) is 19.0. The highest BCUT2D eigenvalue weighted by Crippen LogP contribution is 2.35. The molecule has 2 aliphatic rings. The van der Waals surface area contributed by atoms with Crippen LogP contribution in [0, 0.1) is 0 Å². The quantitative estimate of drug-likeness (QED) is 0.629. The molecule has 4 rings (SSSR count). The second kappa shape index (κ2) is 8.68. The molecule has 0 bridgehead atoms. The van der Waals surface area contributed by atoms with Gasteiger partial charge in [-0.05, 0) is 55.5 Å². The first-order valence-electron chi connectivity index (χ1n) is 10.2. The van der Waals surface area contributed by atoms with Crippen LogP contribution in [0.4, 0.5) is 13.2 Å². The number of hydrogen-bond acceptors (Lipinski definition) is 3. The van der Waals surface area contributed by atoms with Gasteiger partial charge in [-0.15, -0.1) is 0 Å². The fourth-order valence-corrected chi connectivity index (χ4v) is 3.72. The van der Waals surface area contributed by atoms with E-state index in [-0.39, 0.29) is 24.3 Å². The van der Waals surface area contributed by atoms with E-state index >= 15 is 0 Å². The summed E-state index contributed by atoms with van der Waals surface area (Å²) >= 11 is 0. The molecule has 0 unspecified atom stereocenters. The molecule has 4 nitrogen and oxygen atoms in total. The Morgan fingerprint density at radius 3 is 2.60 bits per heavy atom. The number of benzene rings is 2. The maximum Gasteiger partial charge on any atom is 0.417 e. The minimum absolute atomic E-state index is 0.0322. The van der Waals surface area contributed by atoms with Crippen molar-refractivity contribution in [3.63, 3.8) is 0 Å². The molecule has 0 aromatic heterocycles. The number of hydrogen-bond donors (Lipinski definition) is 0. The molecule has 2 aromatic rings. The van der Waals surface area contributed by atoms with Gasteiger partial charge in [0.1, 0.15) is 12.4 Å². The van der Waals surface area contributed by atoms with E-state index in [4.69, 9.17) is 9.47 Å². The molecule has 1 atom stereocenters. The van der Waals surface area contributed by atoms with Crippen LogP contribution in [0.5, 0.6) is 5.75 Å². The van der Waals surface area contributed by atoms with Gasteiger partial charge >= 0.3 is 6.18 Å². The highest BCUT2D eigenvalue weighted by atomic mass is 19.4. The topological polar surface area (TPSA) is 38.8 Å². The van der Waals surface area contributed by atoms with Crippen LogP contribution in [0.25, 0.3) is 0 Å². The molecule has 30 heavy (non-hydrogen) atoms. The standard InChI is InChI=1S/C23H24F3NO3/c24-23(25,26)21-9-2-1-8-20(21)22(28)27(17-10-11-17)14-16-5-3-6-18(13-16)30-15-19-7-4-12-29-19/h1-3,5-6,8-9,13,17,19H,4,7,10-12,14-15H2/t19-/m0/s1. The minimum Gasteiger partial charge on any atom is -0.491 e. The maximum atomic E-state index is 13.4. The van der Waals surface area contributed by atoms with Crippen molar-refractivity contribution in [2.24, 2.45) is 0 Å². The zero-order valence-corrected chi connectivity index (χ0v) is 16.5. The second-order valence-electron chi connectivity index (χ2n) is 7.80. The predicted molar refractivity (Wildman–Crippen MR) is 105 cm³/mol. The van der Waals surface area contributed by atoms with E-state index in [1.54, 1.807) is 4.90 Å². The number of carbonyl (C=O) groups excluding carboxylic acids is 1. The Bertz CT molecular complexity index is 889. The van der Waals surface area contributed by atoms with Crippen molar-refractivity contribution < 1.29 is 27.4 Å². The van der Waals surface area contributed by atoms with E-state index < -0.39 is 17.6 Å². The van der Waals surface area contributed by atoms with Crippen LogP contribution in [0.1, 0.15) is 47.2 Å². The van der Waals surface area contributed by atoms with Crippen molar-refractivity contribution in [1.82, 2.24) is 4.90 Å². The minimum atomic E-state index is -4.57. The molecule has 0 spiro atoms. The Balaban J connectivity index is 1.49. The molecule has 1 saturated heterocycles. The zero-order chi connectivity index (χ0) is 21.1. The first kappa shape index (κ1) is 20.7. The van der Waals surface area contributed by atoms with Gasteiger partial charge in [0.25, 0.3) is 5.91 Å². The third-order valence-electron chi connectivity index (χ3n) is 5.42. The molecule has 2 fully saturated rings. The van der Waals surface area contributed by atoms with Crippen molar-refractivity contribution >= 4 is 5.91 Å². The van der Waals surface area contributed by atoms with Crippen molar-refractivity contribution in [2.45, 2.75) is 50.6 Å². The summed E-state index contributed by atoms with van der Waals surface area (Å²) in [4.78, 5) is 14.6. The van der Waals surface area contributed by atoms with E-state index in [0.29, 0.717) is 12.4 Å². The lowest BCUT2D eigenvalue weighted by molar-refractivity contribution is -0.138. The van der Waals surface area contributed by atoms with E-state index in [1.165, 1.54) is 18.2 Å². The number of nitrogens with zero attached hydrogens (tertiary/aromatic N) is 1. The van der Waals surface area contributed by atoms with Crippen LogP contribution < -0.4 is 4.74 Å². The van der Waals surface area contributed by atoms with Gasteiger partial charge in [0.15, 0.2) is 0 Å². The zero-order valence-electron chi connectivity index (χ0n) is 16.5. The molecular formula is C23H24F3NO3. The highest BCUT2D eigenvalue weighted by Gasteiger charge is 2.39. The Hall–Kier alpha value is -2.54. The van der Waals surface area contributed by atoms with Gasteiger partial charge in [-0.1, -0.05) is 24.3 Å². The fraction of sp³-hybridized carbons (Fsp3) is 0.435. The molecule has 160 valence electrons. The second-order valence-corrected chi connectivity index (χ2v) is 7.80. The van der Waals surface area contributed by atoms with Gasteiger partial charge < -0.3 is 14.4 Å². The van der Waals surface area contributed by atoms with Crippen molar-refractivity contribution in [2.75, 3.05) is 13.2 Å². The van der Waals surface area contributed by atoms with Gasteiger partial charge in [-0.3, -0.25) is 4.79 Å². The molecule has 1 heterocycles. The SMILES string of the molecule is O=C(c1ccccc1C(F)(F)F)N(Cc1cccc(OC[C@@H]2CCCO2)c1)C1CC1. The maximum absolute atomic E-state index is 13.4. The molecule has 1 amide bonds. The van der Waals surface area contributed by atoms with Gasteiger partial charge in [0.2, 0.25) is 0 Å². The summed E-state index contributed by atoms with van der Waals surface area (Å²) in [5, 5.41) is 0. The summed E-state index contributed by atoms with van der Waals surface area (Å²) < 4.78 is 51.5. The lowest BCUT2D eigenvalue weighted by atomic mass is 10.1. The summed E-state index contributed by atoms with van der Waals surface area (Å²) in [7, 11) is 0. The van der Waals surface area contributed by atoms with Crippen LogP contribution in [-0.4, -0.2) is 36.2 Å². The van der Waals surface area contributed by atoms with Crippen LogP contribution in [-0.2, 0) is 17.5 Å². The number of amides is 1. The van der Waals surface area contributed by atoms with E-state index in [0.717, 1.165) is 43.9 Å². The molecular weight excluding hydrogens is 395 g/mol. The van der Waals surface area contributed by atoms with Crippen molar-refractivity contribution in [3.05, 3.63) is 65.2 Å². The third kappa shape index (κ3) is 4.95. The van der Waals surface area contributed by atoms with E-state index in [1.807, 2.05) is 24.3 Å². The summed E-state index contributed by atoms with van der Waals surface area (Å²) in [6.45, 7) is 1.46. The predicted octanol–water partition coefficient (Wildman–Crippen LogP) is 5.07. The molecule has 0 N–H and O–H groups in total. The smallest absolute Gasteiger partial charge is 0.417 e. The number of alkyl halides is 3. The Morgan fingerprint density at radius 1 is 1.10 bits per heavy atom. The monoisotopic (exact) mass is 419 g/mol. The van der Waals surface area contributed by atoms with Crippen LogP contribution in [0.2, 0.25) is 0 Å². The molecule has 1 aliphatic carbocycles. The van der Waals surface area contributed by atoms with E-state index in [9.17, 15) is 18.0 Å². The van der Waals surface area contributed by atoms with Gasteiger partial charge in [-0.2, -0.15) is 13.2 Å². The number of halogens is 3. The number of carbonyl (C=O) groups is 1. The van der Waals surface area contributed by atoms with Gasteiger partial charge in [0, 0.05) is 19.2 Å². The molecule has 1 aliphatic heterocycles. The Labute approximate surface area is 173 Å². The largest absolute Gasteiger partial charge is 0.491 e. The highest BCUT2D eigenvalue weighted by molar-refractivity contribution is 5.96. The fourth-order valence-electron chi connectivity index (χ4n) is 3.72. The average molecular weight is 419 g/mol. The first-order valence-corrected chi connectivity index (χ1v) is 10.2. The summed E-state index contributed by atoms with van der Waals surface area (Å²) in [6.07, 6.45) is -0.868. The Morgan fingerprint density at radius 2 is 1.90 bits per heavy atom. The molecule has 2 aromatic carbocycles. The summed E-state index contributed by atoms with van der Waals surface area (Å²) in [5.74, 6) is 0.0815. The first-order chi connectivity index (χ1) is 14.4. The Kier molecular flexibility index (Phi) is 5.99. The van der Waals surface area contributed by atoms with Crippen LogP contribution in [0.15, 0.2) is 48.5 Å². The number of rotatable bonds is 7. The lowest BCUT2D eigenvalue weighted by Gasteiger charge is -2.24. The van der Waals surface area contributed by atoms with Crippen LogP contribution >= 0.6 is 0 Å². The van der Waals surface area contributed by atoms with E-state index in [2.05, 4.69) is 0 Å².